The molecule has 0 atom stereocenters. The van der Waals surface area contributed by atoms with Crippen molar-refractivity contribution in [1.82, 2.24) is 15.3 Å². The molecule has 15 heteroatoms. The summed E-state index contributed by atoms with van der Waals surface area (Å²) in [5, 5.41) is 13.2. The van der Waals surface area contributed by atoms with Crippen molar-refractivity contribution in [3.63, 3.8) is 0 Å². The Labute approximate surface area is 297 Å². The van der Waals surface area contributed by atoms with Crippen LogP contribution >= 0.6 is 0 Å². The fraction of sp³-hybridized carbons (Fsp3) is 0.361. The minimum atomic E-state index is -4.26. The standard InChI is InChI=1S/C36H41N3O10S2/c1-4-30-31(40)32(41)38-33(37-30)36(39-34(42)47-22-27-8-6-5-7-9-27)20-18-35(19-21-36,23-48-50(43,44)28-14-10-25(2)11-15-28)24-49-51(45,46)29-16-12-26(3)13-17-29/h5-17,40H,4,18-24H2,1-3H3,(H,39,42)(H,37,38,41). The Balaban J connectivity index is 1.46. The van der Waals surface area contributed by atoms with Gasteiger partial charge in [0, 0.05) is 5.41 Å². The van der Waals surface area contributed by atoms with Crippen LogP contribution in [0.5, 0.6) is 5.75 Å². The first-order chi connectivity index (χ1) is 24.2. The number of benzene rings is 3. The first kappa shape index (κ1) is 37.7. The second kappa shape index (κ2) is 15.4. The van der Waals surface area contributed by atoms with Gasteiger partial charge in [-0.15, -0.1) is 0 Å². The molecule has 13 nitrogen and oxygen atoms in total. The third kappa shape index (κ3) is 9.03. The Bertz CT molecular complexity index is 2030. The van der Waals surface area contributed by atoms with E-state index in [0.29, 0.717) is 0 Å². The maximum absolute atomic E-state index is 13.3. The number of hydrogen-bond acceptors (Lipinski definition) is 11. The molecule has 1 saturated carbocycles. The molecule has 0 aliphatic heterocycles. The van der Waals surface area contributed by atoms with Crippen LogP contribution in [0.2, 0.25) is 0 Å². The summed E-state index contributed by atoms with van der Waals surface area (Å²) in [6.45, 7) is 4.42. The zero-order chi connectivity index (χ0) is 36.9. The number of alkyl carbamates (subject to hydrolysis) is 1. The number of aromatic hydroxyl groups is 1. The maximum atomic E-state index is 13.3. The first-order valence-electron chi connectivity index (χ1n) is 16.4. The van der Waals surface area contributed by atoms with Crippen LogP contribution in [0.25, 0.3) is 0 Å². The molecule has 1 aliphatic rings. The largest absolute Gasteiger partial charge is 0.502 e. The van der Waals surface area contributed by atoms with Crippen molar-refractivity contribution in [3.05, 3.63) is 117 Å². The Hall–Kier alpha value is -4.57. The lowest BCUT2D eigenvalue weighted by Crippen LogP contribution is -2.53. The van der Waals surface area contributed by atoms with E-state index in [1.165, 1.54) is 24.3 Å². The molecule has 0 spiro atoms. The third-order valence-corrected chi connectivity index (χ3v) is 11.7. The van der Waals surface area contributed by atoms with Crippen LogP contribution in [-0.4, -0.2) is 51.2 Å². The summed E-state index contributed by atoms with van der Waals surface area (Å²) >= 11 is 0. The van der Waals surface area contributed by atoms with Crippen LogP contribution in [0.3, 0.4) is 0 Å². The van der Waals surface area contributed by atoms with E-state index in [2.05, 4.69) is 15.3 Å². The number of ether oxygens (including phenoxy) is 1. The summed E-state index contributed by atoms with van der Waals surface area (Å²) in [5.41, 5.74) is -0.792. The van der Waals surface area contributed by atoms with E-state index < -0.39 is 61.8 Å². The molecule has 4 aromatic rings. The Morgan fingerprint density at radius 1 is 0.824 bits per heavy atom. The number of aryl methyl sites for hydroxylation is 3. The zero-order valence-electron chi connectivity index (χ0n) is 28.5. The van der Waals surface area contributed by atoms with E-state index >= 15 is 0 Å². The van der Waals surface area contributed by atoms with E-state index in [4.69, 9.17) is 13.1 Å². The van der Waals surface area contributed by atoms with Crippen LogP contribution in [-0.2, 0) is 51.9 Å². The predicted octanol–water partition coefficient (Wildman–Crippen LogP) is 5.15. The van der Waals surface area contributed by atoms with Gasteiger partial charge in [0.2, 0.25) is 5.75 Å². The van der Waals surface area contributed by atoms with Gasteiger partial charge in [0.15, 0.2) is 0 Å². The first-order valence-corrected chi connectivity index (χ1v) is 19.2. The summed E-state index contributed by atoms with van der Waals surface area (Å²) in [4.78, 5) is 33.1. The van der Waals surface area contributed by atoms with Crippen LogP contribution in [0.15, 0.2) is 93.4 Å². The van der Waals surface area contributed by atoms with Crippen LogP contribution in [0, 0.1) is 19.3 Å². The summed E-state index contributed by atoms with van der Waals surface area (Å²) in [5.74, 6) is -0.480. The van der Waals surface area contributed by atoms with E-state index in [9.17, 15) is 31.5 Å². The van der Waals surface area contributed by atoms with Crippen LogP contribution < -0.4 is 10.9 Å². The van der Waals surface area contributed by atoms with Gasteiger partial charge in [0.25, 0.3) is 25.8 Å². The lowest BCUT2D eigenvalue weighted by Gasteiger charge is -2.45. The van der Waals surface area contributed by atoms with Gasteiger partial charge in [0.1, 0.15) is 18.0 Å². The molecule has 0 radical (unpaired) electrons. The lowest BCUT2D eigenvalue weighted by molar-refractivity contribution is 0.0145. The number of nitrogens with zero attached hydrogens (tertiary/aromatic N) is 1. The van der Waals surface area contributed by atoms with Gasteiger partial charge in [-0.05, 0) is 75.8 Å². The van der Waals surface area contributed by atoms with Crippen molar-refractivity contribution in [3.8, 4) is 5.75 Å². The number of nitrogens with one attached hydrogen (secondary N) is 2. The van der Waals surface area contributed by atoms with E-state index in [0.717, 1.165) is 16.7 Å². The van der Waals surface area contributed by atoms with Gasteiger partial charge >= 0.3 is 6.09 Å². The number of H-pyrrole nitrogens is 1. The molecule has 0 saturated heterocycles. The van der Waals surface area contributed by atoms with Crippen LogP contribution in [0.1, 0.15) is 60.8 Å². The second-order valence-corrected chi connectivity index (χ2v) is 16.1. The average Bonchev–Trinajstić information content (AvgIpc) is 3.12. The van der Waals surface area contributed by atoms with Gasteiger partial charge in [-0.1, -0.05) is 72.6 Å². The van der Waals surface area contributed by atoms with E-state index in [-0.39, 0.29) is 60.0 Å². The normalized spacial score (nSPS) is 15.6. The molecular weight excluding hydrogens is 699 g/mol. The second-order valence-electron chi connectivity index (χ2n) is 12.9. The van der Waals surface area contributed by atoms with E-state index in [1.54, 1.807) is 55.5 Å². The number of rotatable bonds is 13. The molecule has 0 unspecified atom stereocenters. The highest BCUT2D eigenvalue weighted by atomic mass is 32.2. The smallest absolute Gasteiger partial charge is 0.408 e. The van der Waals surface area contributed by atoms with Gasteiger partial charge in [0.05, 0.1) is 28.7 Å². The minimum Gasteiger partial charge on any atom is -0.502 e. The lowest BCUT2D eigenvalue weighted by atomic mass is 9.67. The molecule has 3 aromatic carbocycles. The minimum absolute atomic E-state index is 0.0339. The molecule has 5 rings (SSSR count). The summed E-state index contributed by atoms with van der Waals surface area (Å²) < 4.78 is 69.8. The molecule has 1 heterocycles. The van der Waals surface area contributed by atoms with Crippen molar-refractivity contribution in [2.45, 2.75) is 74.8 Å². The molecule has 1 fully saturated rings. The van der Waals surface area contributed by atoms with Gasteiger partial charge in [-0.3, -0.25) is 13.2 Å². The quantitative estimate of drug-likeness (QED) is 0.154. The zero-order valence-corrected chi connectivity index (χ0v) is 30.2. The number of aromatic nitrogens is 2. The van der Waals surface area contributed by atoms with Gasteiger partial charge in [-0.2, -0.15) is 16.8 Å². The van der Waals surface area contributed by atoms with Crippen LogP contribution in [0.4, 0.5) is 4.79 Å². The summed E-state index contributed by atoms with van der Waals surface area (Å²) in [6.07, 6.45) is -0.401. The SMILES string of the molecule is CCc1nc(C2(NC(=O)OCc3ccccc3)CCC(COS(=O)(=O)c3ccc(C)cc3)(COS(=O)(=O)c3ccc(C)cc3)CC2)[nH]c(=O)c1O. The monoisotopic (exact) mass is 739 g/mol. The Morgan fingerprint density at radius 3 is 1.82 bits per heavy atom. The molecule has 1 aliphatic carbocycles. The number of aromatic amines is 1. The molecule has 1 amide bonds. The highest BCUT2D eigenvalue weighted by molar-refractivity contribution is 7.87. The van der Waals surface area contributed by atoms with Crippen molar-refractivity contribution < 1.29 is 39.8 Å². The Morgan fingerprint density at radius 2 is 1.33 bits per heavy atom. The van der Waals surface area contributed by atoms with Gasteiger partial charge in [-0.25, -0.2) is 9.78 Å². The predicted molar refractivity (Wildman–Crippen MR) is 187 cm³/mol. The fourth-order valence-corrected chi connectivity index (χ4v) is 7.87. The van der Waals surface area contributed by atoms with Gasteiger partial charge < -0.3 is 20.1 Å². The number of hydrogen-bond donors (Lipinski definition) is 3. The van der Waals surface area contributed by atoms with Crippen molar-refractivity contribution in [2.24, 2.45) is 5.41 Å². The molecule has 51 heavy (non-hydrogen) atoms. The topological polar surface area (TPSA) is 191 Å². The molecule has 1 aromatic heterocycles. The number of carbonyl (C=O) groups excluding carboxylic acids is 1. The van der Waals surface area contributed by atoms with Crippen molar-refractivity contribution >= 4 is 26.3 Å². The highest BCUT2D eigenvalue weighted by Gasteiger charge is 2.48. The molecule has 0 bridgehead atoms. The fourth-order valence-electron chi connectivity index (χ4n) is 5.85. The molecule has 3 N–H and O–H groups in total. The highest BCUT2D eigenvalue weighted by Crippen LogP contribution is 2.46. The van der Waals surface area contributed by atoms with Crippen molar-refractivity contribution in [1.29, 1.82) is 0 Å². The summed E-state index contributed by atoms with van der Waals surface area (Å²) in [6, 6.07) is 21.2. The molecular formula is C36H41N3O10S2. The average molecular weight is 740 g/mol. The molecule has 272 valence electrons. The summed E-state index contributed by atoms with van der Waals surface area (Å²) in [7, 11) is -8.52. The maximum Gasteiger partial charge on any atom is 0.408 e. The van der Waals surface area contributed by atoms with Crippen molar-refractivity contribution in [2.75, 3.05) is 13.2 Å². The number of amides is 1. The number of carbonyl (C=O) groups is 1. The Kier molecular flexibility index (Phi) is 11.3. The van der Waals surface area contributed by atoms with E-state index in [1.807, 2.05) is 19.9 Å². The third-order valence-electron chi connectivity index (χ3n) is 9.13.